The third-order valence-corrected chi connectivity index (χ3v) is 5.37. The Balaban J connectivity index is 1.94. The maximum atomic E-state index is 12.9. The molecule has 2 saturated heterocycles. The van der Waals surface area contributed by atoms with Gasteiger partial charge in [-0.2, -0.15) is 0 Å². The second kappa shape index (κ2) is 5.28. The Morgan fingerprint density at radius 1 is 1.24 bits per heavy atom. The zero-order valence-electron chi connectivity index (χ0n) is 12.8. The molecule has 3 heteroatoms. The van der Waals surface area contributed by atoms with E-state index in [4.69, 9.17) is 0 Å². The number of fused-ring (bicyclic) bond motifs is 2. The van der Waals surface area contributed by atoms with E-state index in [2.05, 4.69) is 0 Å². The van der Waals surface area contributed by atoms with E-state index in [-0.39, 0.29) is 23.7 Å². The van der Waals surface area contributed by atoms with Crippen LogP contribution >= 0.6 is 0 Å². The maximum absolute atomic E-state index is 12.9. The fraction of sp³-hybridized carbons (Fsp3) is 0.556. The summed E-state index contributed by atoms with van der Waals surface area (Å²) in [5, 5.41) is 0. The van der Waals surface area contributed by atoms with Crippen LogP contribution in [0.1, 0.15) is 56.3 Å². The predicted octanol–water partition coefficient (Wildman–Crippen LogP) is 3.44. The van der Waals surface area contributed by atoms with Crippen molar-refractivity contribution in [3.8, 4) is 0 Å². The minimum absolute atomic E-state index is 0.0345. The van der Waals surface area contributed by atoms with E-state index in [9.17, 15) is 9.59 Å². The standard InChI is InChI=1S/C18H23NO2/c1-3-13(2)16(20)18-11-9-15(10-12-18)19(18)17(21)14-7-5-4-6-8-14/h4-8,13,15H,3,9-12H2,1-2H3. The van der Waals surface area contributed by atoms with Gasteiger partial charge in [0.05, 0.1) is 0 Å². The topological polar surface area (TPSA) is 37.4 Å². The zero-order valence-corrected chi connectivity index (χ0v) is 12.8. The van der Waals surface area contributed by atoms with Crippen molar-refractivity contribution < 1.29 is 9.59 Å². The summed E-state index contributed by atoms with van der Waals surface area (Å²) in [6.07, 6.45) is 4.49. The summed E-state index contributed by atoms with van der Waals surface area (Å²) in [4.78, 5) is 27.7. The maximum Gasteiger partial charge on any atom is 0.254 e. The van der Waals surface area contributed by atoms with Gasteiger partial charge in [0.2, 0.25) is 0 Å². The van der Waals surface area contributed by atoms with Gasteiger partial charge >= 0.3 is 0 Å². The number of Topliss-reactive ketones (excluding diaryl/α,β-unsaturated/α-hetero) is 1. The normalized spacial score (nSPS) is 28.7. The first-order valence-electron chi connectivity index (χ1n) is 8.03. The van der Waals surface area contributed by atoms with Gasteiger partial charge in [-0.25, -0.2) is 0 Å². The highest BCUT2D eigenvalue weighted by Gasteiger charge is 2.58. The average Bonchev–Trinajstić information content (AvgIpc) is 3.10. The van der Waals surface area contributed by atoms with E-state index in [0.29, 0.717) is 5.56 Å². The molecular formula is C18H23NO2. The summed E-state index contributed by atoms with van der Waals surface area (Å²) in [6, 6.07) is 9.63. The summed E-state index contributed by atoms with van der Waals surface area (Å²) < 4.78 is 0. The average molecular weight is 285 g/mol. The molecule has 2 fully saturated rings. The third-order valence-electron chi connectivity index (χ3n) is 5.37. The number of ketones is 1. The van der Waals surface area contributed by atoms with E-state index in [0.717, 1.165) is 32.1 Å². The van der Waals surface area contributed by atoms with Gasteiger partial charge in [-0.1, -0.05) is 32.0 Å². The Morgan fingerprint density at radius 2 is 1.86 bits per heavy atom. The Hall–Kier alpha value is -1.64. The molecule has 21 heavy (non-hydrogen) atoms. The summed E-state index contributed by atoms with van der Waals surface area (Å²) in [7, 11) is 0. The molecule has 3 nitrogen and oxygen atoms in total. The number of carbonyl (C=O) groups is 2. The van der Waals surface area contributed by atoms with Gasteiger partial charge in [0, 0.05) is 17.5 Å². The molecule has 0 N–H and O–H groups in total. The highest BCUT2D eigenvalue weighted by Crippen LogP contribution is 2.48. The zero-order chi connectivity index (χ0) is 15.0. The Kier molecular flexibility index (Phi) is 3.60. The molecule has 0 radical (unpaired) electrons. The van der Waals surface area contributed by atoms with Crippen LogP contribution in [0.3, 0.4) is 0 Å². The molecule has 0 aromatic heterocycles. The van der Waals surface area contributed by atoms with Crippen LogP contribution < -0.4 is 0 Å². The molecule has 1 aromatic carbocycles. The molecule has 2 heterocycles. The Morgan fingerprint density at radius 3 is 2.43 bits per heavy atom. The third kappa shape index (κ3) is 2.10. The summed E-state index contributed by atoms with van der Waals surface area (Å²) in [6.45, 7) is 4.04. The first-order valence-corrected chi connectivity index (χ1v) is 8.03. The van der Waals surface area contributed by atoms with Gasteiger partial charge in [-0.15, -0.1) is 0 Å². The number of nitrogens with zero attached hydrogens (tertiary/aromatic N) is 1. The molecule has 1 aromatic rings. The SMILES string of the molecule is CCC(C)C(=O)C12CCC(CC1)N2C(=O)c1ccccc1. The van der Waals surface area contributed by atoms with Gasteiger partial charge in [0.1, 0.15) is 5.54 Å². The molecule has 2 aliphatic rings. The van der Waals surface area contributed by atoms with Crippen molar-refractivity contribution >= 4 is 11.7 Å². The molecule has 1 atom stereocenters. The van der Waals surface area contributed by atoms with E-state index in [1.54, 1.807) is 0 Å². The molecule has 0 saturated carbocycles. The summed E-state index contributed by atoms with van der Waals surface area (Å²) in [5.74, 6) is 0.342. The van der Waals surface area contributed by atoms with Gasteiger partial charge in [0.25, 0.3) is 5.91 Å². The van der Waals surface area contributed by atoms with E-state index >= 15 is 0 Å². The summed E-state index contributed by atoms with van der Waals surface area (Å²) >= 11 is 0. The minimum atomic E-state index is -0.521. The van der Waals surface area contributed by atoms with E-state index in [1.807, 2.05) is 49.1 Å². The monoisotopic (exact) mass is 285 g/mol. The second-order valence-corrected chi connectivity index (χ2v) is 6.48. The van der Waals surface area contributed by atoms with Crippen molar-refractivity contribution in [3.63, 3.8) is 0 Å². The van der Waals surface area contributed by atoms with Gasteiger partial charge in [0.15, 0.2) is 5.78 Å². The van der Waals surface area contributed by atoms with Crippen molar-refractivity contribution in [1.29, 1.82) is 0 Å². The van der Waals surface area contributed by atoms with Crippen LogP contribution in [0.5, 0.6) is 0 Å². The smallest absolute Gasteiger partial charge is 0.254 e. The molecule has 1 unspecified atom stereocenters. The number of benzene rings is 1. The van der Waals surface area contributed by atoms with Crippen molar-refractivity contribution in [2.45, 2.75) is 57.5 Å². The molecule has 0 spiro atoms. The highest BCUT2D eigenvalue weighted by atomic mass is 16.2. The van der Waals surface area contributed by atoms with Gasteiger partial charge in [-0.05, 0) is 44.2 Å². The van der Waals surface area contributed by atoms with Crippen molar-refractivity contribution in [2.24, 2.45) is 5.92 Å². The highest BCUT2D eigenvalue weighted by molar-refractivity contribution is 6.01. The lowest BCUT2D eigenvalue weighted by atomic mass is 9.79. The van der Waals surface area contributed by atoms with Crippen molar-refractivity contribution in [1.82, 2.24) is 4.90 Å². The van der Waals surface area contributed by atoms with Crippen LogP contribution in [0.25, 0.3) is 0 Å². The van der Waals surface area contributed by atoms with Crippen LogP contribution in [-0.2, 0) is 4.79 Å². The summed E-state index contributed by atoms with van der Waals surface area (Å²) in [5.41, 5.74) is 0.181. The Bertz CT molecular complexity index is 544. The lowest BCUT2D eigenvalue weighted by molar-refractivity contribution is -0.131. The largest absolute Gasteiger partial charge is 0.323 e. The number of carbonyl (C=O) groups excluding carboxylic acids is 2. The molecule has 0 aliphatic carbocycles. The first-order chi connectivity index (χ1) is 10.1. The second-order valence-electron chi connectivity index (χ2n) is 6.48. The molecule has 2 aliphatic heterocycles. The van der Waals surface area contributed by atoms with E-state index < -0.39 is 5.54 Å². The lowest BCUT2D eigenvalue weighted by Crippen LogP contribution is -2.52. The number of rotatable bonds is 4. The fourth-order valence-electron chi connectivity index (χ4n) is 4.02. The van der Waals surface area contributed by atoms with Crippen LogP contribution in [-0.4, -0.2) is 28.2 Å². The number of amides is 1. The predicted molar refractivity (Wildman–Crippen MR) is 82.1 cm³/mol. The quantitative estimate of drug-likeness (QED) is 0.850. The fourth-order valence-corrected chi connectivity index (χ4v) is 4.02. The van der Waals surface area contributed by atoms with Crippen LogP contribution in [0.4, 0.5) is 0 Å². The van der Waals surface area contributed by atoms with Gasteiger partial charge < -0.3 is 4.90 Å². The van der Waals surface area contributed by atoms with Crippen LogP contribution in [0, 0.1) is 5.92 Å². The lowest BCUT2D eigenvalue weighted by Gasteiger charge is -2.35. The number of hydrogen-bond acceptors (Lipinski definition) is 2. The number of hydrogen-bond donors (Lipinski definition) is 0. The van der Waals surface area contributed by atoms with Gasteiger partial charge in [-0.3, -0.25) is 9.59 Å². The first kappa shape index (κ1) is 14.3. The van der Waals surface area contributed by atoms with Crippen molar-refractivity contribution in [3.05, 3.63) is 35.9 Å². The molecular weight excluding hydrogens is 262 g/mol. The molecule has 1 amide bonds. The van der Waals surface area contributed by atoms with Crippen LogP contribution in [0.15, 0.2) is 30.3 Å². The Labute approximate surface area is 126 Å². The van der Waals surface area contributed by atoms with Crippen molar-refractivity contribution in [2.75, 3.05) is 0 Å². The molecule has 3 rings (SSSR count). The minimum Gasteiger partial charge on any atom is -0.323 e. The molecule has 112 valence electrons. The van der Waals surface area contributed by atoms with Crippen LogP contribution in [0.2, 0.25) is 0 Å². The molecule has 2 bridgehead atoms. The van der Waals surface area contributed by atoms with E-state index in [1.165, 1.54) is 0 Å².